The Labute approximate surface area is 132 Å². The summed E-state index contributed by atoms with van der Waals surface area (Å²) in [4.78, 5) is 24.6. The number of hydrogen-bond acceptors (Lipinski definition) is 4. The van der Waals surface area contributed by atoms with Crippen LogP contribution in [0.5, 0.6) is 5.75 Å². The molecule has 1 heterocycles. The van der Waals surface area contributed by atoms with Crippen LogP contribution in [0.1, 0.15) is 5.56 Å². The van der Waals surface area contributed by atoms with E-state index >= 15 is 0 Å². The number of amides is 1. The lowest BCUT2D eigenvalue weighted by Gasteiger charge is -2.32. The van der Waals surface area contributed by atoms with Crippen LogP contribution in [0.15, 0.2) is 24.3 Å². The molecule has 0 bridgehead atoms. The summed E-state index contributed by atoms with van der Waals surface area (Å²) in [5.41, 5.74) is 0.642. The zero-order valence-electron chi connectivity index (χ0n) is 12.0. The molecule has 0 aliphatic carbocycles. The van der Waals surface area contributed by atoms with Gasteiger partial charge in [0.2, 0.25) is 5.91 Å². The number of hydrogen-bond donors (Lipinski definition) is 1. The first kappa shape index (κ1) is 16.3. The first-order valence-electron chi connectivity index (χ1n) is 6.65. The van der Waals surface area contributed by atoms with Crippen LogP contribution in [0.3, 0.4) is 0 Å². The van der Waals surface area contributed by atoms with E-state index in [-0.39, 0.29) is 13.2 Å². The van der Waals surface area contributed by atoms with Gasteiger partial charge in [0.25, 0.3) is 0 Å². The summed E-state index contributed by atoms with van der Waals surface area (Å²) in [6.07, 6.45) is 2.87. The maximum Gasteiger partial charge on any atom is 0.328 e. The maximum atomic E-state index is 12.2. The highest BCUT2D eigenvalue weighted by Crippen LogP contribution is 2.24. The molecule has 0 saturated carbocycles. The standard InChI is InChI=1S/C15H16ClNO5/c1-21-13-4-3-11(16)8-10(13)2-5-14(18)17-6-7-22-9-12(17)15(19)20/h2-5,8,12H,6-7,9H2,1H3,(H,19,20)/b5-2+. The normalized spacial score (nSPS) is 18.5. The molecule has 0 spiro atoms. The molecule has 6 nitrogen and oxygen atoms in total. The molecular weight excluding hydrogens is 310 g/mol. The highest BCUT2D eigenvalue weighted by molar-refractivity contribution is 6.30. The number of methoxy groups -OCH3 is 1. The van der Waals surface area contributed by atoms with Crippen molar-refractivity contribution in [2.75, 3.05) is 26.9 Å². The van der Waals surface area contributed by atoms with Crippen molar-refractivity contribution in [2.45, 2.75) is 6.04 Å². The number of rotatable bonds is 4. The fourth-order valence-electron chi connectivity index (χ4n) is 2.16. The fraction of sp³-hybridized carbons (Fsp3) is 0.333. The topological polar surface area (TPSA) is 76.1 Å². The van der Waals surface area contributed by atoms with E-state index in [0.717, 1.165) is 0 Å². The number of aliphatic carboxylic acids is 1. The smallest absolute Gasteiger partial charge is 0.328 e. The van der Waals surface area contributed by atoms with Crippen molar-refractivity contribution >= 4 is 29.6 Å². The predicted octanol–water partition coefficient (Wildman–Crippen LogP) is 1.67. The van der Waals surface area contributed by atoms with Gasteiger partial charge in [0.05, 0.1) is 20.3 Å². The number of carbonyl (C=O) groups is 2. The van der Waals surface area contributed by atoms with E-state index in [2.05, 4.69) is 0 Å². The molecule has 22 heavy (non-hydrogen) atoms. The van der Waals surface area contributed by atoms with Gasteiger partial charge in [-0.1, -0.05) is 11.6 Å². The molecule has 0 aromatic heterocycles. The summed E-state index contributed by atoms with van der Waals surface area (Å²) in [7, 11) is 1.52. The third-order valence-electron chi connectivity index (χ3n) is 3.29. The van der Waals surface area contributed by atoms with Gasteiger partial charge in [-0.15, -0.1) is 0 Å². The maximum absolute atomic E-state index is 12.2. The van der Waals surface area contributed by atoms with Gasteiger partial charge in [-0.25, -0.2) is 4.79 Å². The van der Waals surface area contributed by atoms with E-state index in [4.69, 9.17) is 26.2 Å². The number of benzene rings is 1. The minimum atomic E-state index is -1.08. The van der Waals surface area contributed by atoms with Gasteiger partial charge in [0, 0.05) is 23.2 Å². The Kier molecular flexibility index (Phi) is 5.41. The van der Waals surface area contributed by atoms with Crippen LogP contribution in [-0.2, 0) is 14.3 Å². The number of carbonyl (C=O) groups excluding carboxylic acids is 1. The van der Waals surface area contributed by atoms with Crippen LogP contribution in [0.4, 0.5) is 0 Å². The Morgan fingerprint density at radius 3 is 2.95 bits per heavy atom. The molecular formula is C15H16ClNO5. The molecule has 1 aliphatic heterocycles. The van der Waals surface area contributed by atoms with Gasteiger partial charge in [-0.2, -0.15) is 0 Å². The first-order valence-corrected chi connectivity index (χ1v) is 7.03. The van der Waals surface area contributed by atoms with Gasteiger partial charge in [-0.05, 0) is 24.3 Å². The third kappa shape index (κ3) is 3.78. The van der Waals surface area contributed by atoms with Gasteiger partial charge >= 0.3 is 5.97 Å². The summed E-state index contributed by atoms with van der Waals surface area (Å²) in [6.45, 7) is 0.562. The third-order valence-corrected chi connectivity index (χ3v) is 3.53. The van der Waals surface area contributed by atoms with Crippen molar-refractivity contribution < 1.29 is 24.2 Å². The van der Waals surface area contributed by atoms with Crippen molar-refractivity contribution in [1.29, 1.82) is 0 Å². The number of nitrogens with zero attached hydrogens (tertiary/aromatic N) is 1. The molecule has 1 fully saturated rings. The van der Waals surface area contributed by atoms with E-state index in [1.54, 1.807) is 24.3 Å². The largest absolute Gasteiger partial charge is 0.496 e. The number of ether oxygens (including phenoxy) is 2. The average Bonchev–Trinajstić information content (AvgIpc) is 2.52. The predicted molar refractivity (Wildman–Crippen MR) is 81.0 cm³/mol. The van der Waals surface area contributed by atoms with Gasteiger partial charge in [0.1, 0.15) is 5.75 Å². The molecule has 1 aromatic carbocycles. The van der Waals surface area contributed by atoms with Crippen molar-refractivity contribution in [3.63, 3.8) is 0 Å². The Morgan fingerprint density at radius 1 is 1.50 bits per heavy atom. The quantitative estimate of drug-likeness (QED) is 0.852. The Hall–Kier alpha value is -2.05. The second kappa shape index (κ2) is 7.29. The van der Waals surface area contributed by atoms with Gasteiger partial charge in [0.15, 0.2) is 6.04 Å². The lowest BCUT2D eigenvalue weighted by atomic mass is 10.1. The molecule has 1 aliphatic rings. The molecule has 0 radical (unpaired) electrons. The van der Waals surface area contributed by atoms with Crippen LogP contribution in [-0.4, -0.2) is 54.8 Å². The van der Waals surface area contributed by atoms with Crippen molar-refractivity contribution in [3.8, 4) is 5.75 Å². The van der Waals surface area contributed by atoms with Crippen molar-refractivity contribution in [3.05, 3.63) is 34.9 Å². The SMILES string of the molecule is COc1ccc(Cl)cc1/C=C/C(=O)N1CCOCC1C(=O)O. The van der Waals surface area contributed by atoms with Gasteiger partial charge < -0.3 is 19.5 Å². The van der Waals surface area contributed by atoms with Gasteiger partial charge in [-0.3, -0.25) is 4.79 Å². The van der Waals surface area contributed by atoms with Crippen LogP contribution < -0.4 is 4.74 Å². The van der Waals surface area contributed by atoms with E-state index in [0.29, 0.717) is 22.9 Å². The van der Waals surface area contributed by atoms with Crippen LogP contribution in [0.2, 0.25) is 5.02 Å². The molecule has 1 amide bonds. The molecule has 1 atom stereocenters. The fourth-order valence-corrected chi connectivity index (χ4v) is 2.34. The highest BCUT2D eigenvalue weighted by Gasteiger charge is 2.31. The first-order chi connectivity index (χ1) is 10.5. The van der Waals surface area contributed by atoms with E-state index in [9.17, 15) is 9.59 Å². The second-order valence-electron chi connectivity index (χ2n) is 4.68. The lowest BCUT2D eigenvalue weighted by Crippen LogP contribution is -2.52. The zero-order valence-corrected chi connectivity index (χ0v) is 12.7. The van der Waals surface area contributed by atoms with Crippen LogP contribution >= 0.6 is 11.6 Å². The molecule has 1 N–H and O–H groups in total. The molecule has 7 heteroatoms. The molecule has 1 aromatic rings. The summed E-state index contributed by atoms with van der Waals surface area (Å²) < 4.78 is 10.3. The van der Waals surface area contributed by atoms with E-state index in [1.807, 2.05) is 0 Å². The van der Waals surface area contributed by atoms with E-state index in [1.165, 1.54) is 18.1 Å². The number of carboxylic acids is 1. The number of halogens is 1. The number of carboxylic acid groups (broad SMARTS) is 1. The van der Waals surface area contributed by atoms with E-state index < -0.39 is 17.9 Å². The number of morpholine rings is 1. The Bertz CT molecular complexity index is 602. The minimum Gasteiger partial charge on any atom is -0.496 e. The Morgan fingerprint density at radius 2 is 2.27 bits per heavy atom. The molecule has 1 unspecified atom stereocenters. The Balaban J connectivity index is 2.17. The average molecular weight is 326 g/mol. The summed E-state index contributed by atoms with van der Waals surface area (Å²) >= 11 is 5.92. The molecule has 2 rings (SSSR count). The molecule has 1 saturated heterocycles. The lowest BCUT2D eigenvalue weighted by molar-refractivity contribution is -0.156. The summed E-state index contributed by atoms with van der Waals surface area (Å²) in [5, 5.41) is 9.64. The summed E-state index contributed by atoms with van der Waals surface area (Å²) in [6, 6.07) is 4.08. The second-order valence-corrected chi connectivity index (χ2v) is 5.12. The van der Waals surface area contributed by atoms with Crippen molar-refractivity contribution in [2.24, 2.45) is 0 Å². The van der Waals surface area contributed by atoms with Crippen molar-refractivity contribution in [1.82, 2.24) is 4.90 Å². The zero-order chi connectivity index (χ0) is 16.1. The van der Waals surface area contributed by atoms with Crippen LogP contribution in [0.25, 0.3) is 6.08 Å². The monoisotopic (exact) mass is 325 g/mol. The minimum absolute atomic E-state index is 0.00456. The molecule has 118 valence electrons. The summed E-state index contributed by atoms with van der Waals surface area (Å²) in [5.74, 6) is -0.898. The van der Waals surface area contributed by atoms with Crippen LogP contribution in [0, 0.1) is 0 Å². The highest BCUT2D eigenvalue weighted by atomic mass is 35.5.